The number of amides is 1. The molecule has 3 rings (SSSR count). The summed E-state index contributed by atoms with van der Waals surface area (Å²) in [4.78, 5) is 12.1. The molecular formula is C19H20N4OS. The fraction of sp³-hybridized carbons (Fsp3) is 0.211. The maximum atomic E-state index is 12.1. The van der Waals surface area contributed by atoms with Gasteiger partial charge in [0.25, 0.3) is 0 Å². The van der Waals surface area contributed by atoms with Crippen LogP contribution in [0.15, 0.2) is 66.1 Å². The molecule has 0 radical (unpaired) electrons. The van der Waals surface area contributed by atoms with Crippen LogP contribution in [0.4, 0.5) is 0 Å². The molecule has 1 heterocycles. The quantitative estimate of drug-likeness (QED) is 0.663. The third kappa shape index (κ3) is 4.48. The van der Waals surface area contributed by atoms with Crippen LogP contribution in [-0.2, 0) is 17.8 Å². The largest absolute Gasteiger partial charge is 0.351 e. The van der Waals surface area contributed by atoms with Gasteiger partial charge in [0, 0.05) is 6.54 Å². The Morgan fingerprint density at radius 3 is 2.68 bits per heavy atom. The summed E-state index contributed by atoms with van der Waals surface area (Å²) in [5.74, 6) is 0.284. The van der Waals surface area contributed by atoms with Gasteiger partial charge in [0.05, 0.1) is 11.4 Å². The summed E-state index contributed by atoms with van der Waals surface area (Å²) < 4.78 is 1.94. The van der Waals surface area contributed by atoms with E-state index >= 15 is 0 Å². The summed E-state index contributed by atoms with van der Waals surface area (Å²) in [6.45, 7) is 2.65. The molecule has 0 aliphatic carbocycles. The van der Waals surface area contributed by atoms with Gasteiger partial charge in [-0.2, -0.15) is 0 Å². The highest BCUT2D eigenvalue weighted by atomic mass is 32.2. The minimum absolute atomic E-state index is 0.0211. The number of hydrogen-bond donors (Lipinski definition) is 1. The highest BCUT2D eigenvalue weighted by molar-refractivity contribution is 7.99. The molecule has 0 atom stereocenters. The first-order chi connectivity index (χ1) is 12.3. The van der Waals surface area contributed by atoms with Crippen molar-refractivity contribution in [3.8, 4) is 5.69 Å². The summed E-state index contributed by atoms with van der Waals surface area (Å²) in [6.07, 6.45) is 2.62. The van der Waals surface area contributed by atoms with Crippen molar-refractivity contribution in [2.45, 2.75) is 25.0 Å². The normalized spacial score (nSPS) is 10.6. The lowest BCUT2D eigenvalue weighted by Gasteiger charge is -2.10. The number of hydrogen-bond acceptors (Lipinski definition) is 4. The lowest BCUT2D eigenvalue weighted by molar-refractivity contribution is -0.118. The van der Waals surface area contributed by atoms with Crippen LogP contribution in [0, 0.1) is 0 Å². The Labute approximate surface area is 151 Å². The number of aryl methyl sites for hydroxylation is 1. The van der Waals surface area contributed by atoms with Gasteiger partial charge in [0.2, 0.25) is 5.91 Å². The van der Waals surface area contributed by atoms with Gasteiger partial charge in [-0.1, -0.05) is 67.2 Å². The fourth-order valence-electron chi connectivity index (χ4n) is 2.51. The lowest BCUT2D eigenvalue weighted by Crippen LogP contribution is -2.24. The predicted octanol–water partition coefficient (Wildman–Crippen LogP) is 3.24. The Morgan fingerprint density at radius 2 is 1.88 bits per heavy atom. The first-order valence-corrected chi connectivity index (χ1v) is 9.18. The highest BCUT2D eigenvalue weighted by Gasteiger charge is 2.12. The van der Waals surface area contributed by atoms with E-state index in [9.17, 15) is 4.79 Å². The topological polar surface area (TPSA) is 59.8 Å². The molecule has 1 aromatic heterocycles. The van der Waals surface area contributed by atoms with Crippen molar-refractivity contribution in [2.24, 2.45) is 0 Å². The van der Waals surface area contributed by atoms with Crippen molar-refractivity contribution < 1.29 is 4.79 Å². The van der Waals surface area contributed by atoms with E-state index < -0.39 is 0 Å². The second kappa shape index (κ2) is 8.48. The Bertz CT molecular complexity index is 832. The molecule has 2 aromatic carbocycles. The van der Waals surface area contributed by atoms with Gasteiger partial charge in [-0.05, 0) is 23.6 Å². The minimum Gasteiger partial charge on any atom is -0.351 e. The fourth-order valence-corrected chi connectivity index (χ4v) is 3.26. The number of carbonyl (C=O) groups is 1. The zero-order chi connectivity index (χ0) is 17.5. The third-order valence-electron chi connectivity index (χ3n) is 3.81. The molecule has 6 heteroatoms. The number of thioether (sulfide) groups is 1. The van der Waals surface area contributed by atoms with Gasteiger partial charge in [0.1, 0.15) is 6.33 Å². The summed E-state index contributed by atoms with van der Waals surface area (Å²) in [5, 5.41) is 11.8. The van der Waals surface area contributed by atoms with Gasteiger partial charge in [-0.15, -0.1) is 10.2 Å². The maximum absolute atomic E-state index is 12.1. The van der Waals surface area contributed by atoms with E-state index in [4.69, 9.17) is 0 Å². The zero-order valence-corrected chi connectivity index (χ0v) is 14.9. The summed E-state index contributed by atoms with van der Waals surface area (Å²) in [5.41, 5.74) is 3.36. The van der Waals surface area contributed by atoms with Crippen LogP contribution in [-0.4, -0.2) is 26.4 Å². The van der Waals surface area contributed by atoms with Gasteiger partial charge in [-0.3, -0.25) is 9.36 Å². The number of nitrogens with one attached hydrogen (secondary N) is 1. The summed E-state index contributed by atoms with van der Waals surface area (Å²) in [6, 6.07) is 18.0. The Kier molecular flexibility index (Phi) is 5.85. The van der Waals surface area contributed by atoms with Gasteiger partial charge in [-0.25, -0.2) is 0 Å². The molecule has 0 saturated heterocycles. The molecule has 1 amide bonds. The minimum atomic E-state index is -0.0211. The average molecular weight is 352 g/mol. The molecule has 5 nitrogen and oxygen atoms in total. The van der Waals surface area contributed by atoms with E-state index in [1.165, 1.54) is 17.3 Å². The molecule has 0 saturated carbocycles. The zero-order valence-electron chi connectivity index (χ0n) is 14.1. The number of benzene rings is 2. The van der Waals surface area contributed by atoms with E-state index in [0.29, 0.717) is 12.3 Å². The molecular weight excluding hydrogens is 332 g/mol. The van der Waals surface area contributed by atoms with Gasteiger partial charge < -0.3 is 5.32 Å². The molecule has 3 aromatic rings. The molecule has 0 aliphatic heterocycles. The first-order valence-electron chi connectivity index (χ1n) is 8.19. The second-order valence-electron chi connectivity index (χ2n) is 5.52. The van der Waals surface area contributed by atoms with E-state index in [1.54, 1.807) is 6.33 Å². The number of carbonyl (C=O) groups excluding carboxylic acids is 1. The van der Waals surface area contributed by atoms with E-state index in [1.807, 2.05) is 53.1 Å². The number of nitrogens with zero attached hydrogens (tertiary/aromatic N) is 3. The molecule has 1 N–H and O–H groups in total. The number of aromatic nitrogens is 3. The monoisotopic (exact) mass is 352 g/mol. The van der Waals surface area contributed by atoms with Crippen LogP contribution in [0.25, 0.3) is 5.69 Å². The van der Waals surface area contributed by atoms with Crippen LogP contribution in [0.5, 0.6) is 0 Å². The maximum Gasteiger partial charge on any atom is 0.230 e. The molecule has 0 spiro atoms. The Balaban J connectivity index is 1.61. The smallest absolute Gasteiger partial charge is 0.230 e. The van der Waals surface area contributed by atoms with Crippen molar-refractivity contribution >= 4 is 17.7 Å². The molecule has 0 aliphatic rings. The first kappa shape index (κ1) is 17.2. The van der Waals surface area contributed by atoms with E-state index in [2.05, 4.69) is 28.5 Å². The van der Waals surface area contributed by atoms with Crippen molar-refractivity contribution in [1.82, 2.24) is 20.1 Å². The van der Waals surface area contributed by atoms with Crippen molar-refractivity contribution in [2.75, 3.05) is 5.75 Å². The van der Waals surface area contributed by atoms with Crippen molar-refractivity contribution in [3.05, 3.63) is 72.1 Å². The van der Waals surface area contributed by atoms with Crippen LogP contribution in [0.2, 0.25) is 0 Å². The van der Waals surface area contributed by atoms with E-state index in [0.717, 1.165) is 22.8 Å². The summed E-state index contributed by atoms with van der Waals surface area (Å²) in [7, 11) is 0. The Morgan fingerprint density at radius 1 is 1.12 bits per heavy atom. The third-order valence-corrected chi connectivity index (χ3v) is 4.76. The Hall–Kier alpha value is -2.60. The van der Waals surface area contributed by atoms with E-state index in [-0.39, 0.29) is 5.91 Å². The summed E-state index contributed by atoms with van der Waals surface area (Å²) >= 11 is 1.39. The molecule has 128 valence electrons. The molecule has 25 heavy (non-hydrogen) atoms. The van der Waals surface area contributed by atoms with Crippen LogP contribution in [0.1, 0.15) is 18.1 Å². The molecule has 0 fully saturated rings. The SMILES string of the molecule is CCc1ccccc1-n1cnnc1SCC(=O)NCc1ccccc1. The standard InChI is InChI=1S/C19H20N4OS/c1-2-16-10-6-7-11-17(16)23-14-21-22-19(23)25-13-18(24)20-12-15-8-4-3-5-9-15/h3-11,14H,2,12-13H2,1H3,(H,20,24). The van der Waals surface area contributed by atoms with Crippen LogP contribution >= 0.6 is 11.8 Å². The number of para-hydroxylation sites is 1. The van der Waals surface area contributed by atoms with Crippen molar-refractivity contribution in [1.29, 1.82) is 0 Å². The molecule has 0 bridgehead atoms. The van der Waals surface area contributed by atoms with Gasteiger partial charge in [0.15, 0.2) is 5.16 Å². The lowest BCUT2D eigenvalue weighted by atomic mass is 10.1. The molecule has 0 unspecified atom stereocenters. The predicted molar refractivity (Wildman–Crippen MR) is 99.7 cm³/mol. The van der Waals surface area contributed by atoms with Gasteiger partial charge >= 0.3 is 0 Å². The average Bonchev–Trinajstić information content (AvgIpc) is 3.14. The number of rotatable bonds is 7. The van der Waals surface area contributed by atoms with Crippen LogP contribution in [0.3, 0.4) is 0 Å². The van der Waals surface area contributed by atoms with Crippen LogP contribution < -0.4 is 5.32 Å². The highest BCUT2D eigenvalue weighted by Crippen LogP contribution is 2.22. The van der Waals surface area contributed by atoms with Crippen molar-refractivity contribution in [3.63, 3.8) is 0 Å². The second-order valence-corrected chi connectivity index (χ2v) is 6.46.